The summed E-state index contributed by atoms with van der Waals surface area (Å²) < 4.78 is 0. The van der Waals surface area contributed by atoms with Crippen molar-refractivity contribution in [2.24, 2.45) is 11.7 Å². The van der Waals surface area contributed by atoms with Gasteiger partial charge in [-0.2, -0.15) is 0 Å². The van der Waals surface area contributed by atoms with Gasteiger partial charge in [0, 0.05) is 17.3 Å². The summed E-state index contributed by atoms with van der Waals surface area (Å²) in [6.07, 6.45) is 4.96. The Morgan fingerprint density at radius 1 is 1.67 bits per heavy atom. The van der Waals surface area contributed by atoms with Crippen molar-refractivity contribution >= 4 is 22.4 Å². The minimum Gasteiger partial charge on any atom is -0.327 e. The van der Waals surface area contributed by atoms with E-state index in [0.29, 0.717) is 6.42 Å². The number of nitrogens with zero attached hydrogens (tertiary/aromatic N) is 1. The second-order valence-corrected chi connectivity index (χ2v) is 6.22. The highest BCUT2D eigenvalue weighted by atomic mass is 32.1. The summed E-state index contributed by atoms with van der Waals surface area (Å²) in [6, 6.07) is -0.107. The summed E-state index contributed by atoms with van der Waals surface area (Å²) in [4.78, 5) is 17.5. The lowest BCUT2D eigenvalue weighted by Gasteiger charge is -2.18. The van der Waals surface area contributed by atoms with Gasteiger partial charge in [0.25, 0.3) is 0 Å². The number of anilines is 1. The molecule has 2 unspecified atom stereocenters. The van der Waals surface area contributed by atoms with Crippen LogP contribution in [0.5, 0.6) is 0 Å². The molecule has 5 heteroatoms. The van der Waals surface area contributed by atoms with Gasteiger partial charge >= 0.3 is 0 Å². The van der Waals surface area contributed by atoms with Crippen LogP contribution in [0.2, 0.25) is 0 Å². The Morgan fingerprint density at radius 2 is 2.44 bits per heavy atom. The molecule has 18 heavy (non-hydrogen) atoms. The zero-order chi connectivity index (χ0) is 13.1. The topological polar surface area (TPSA) is 68.0 Å². The van der Waals surface area contributed by atoms with Crippen LogP contribution >= 0.6 is 11.3 Å². The number of hydrogen-bond acceptors (Lipinski definition) is 4. The van der Waals surface area contributed by atoms with Crippen LogP contribution in [-0.4, -0.2) is 16.9 Å². The first kappa shape index (κ1) is 13.5. The number of carbonyl (C=O) groups excluding carboxylic acids is 1. The zero-order valence-corrected chi connectivity index (χ0v) is 11.8. The smallest absolute Gasteiger partial charge is 0.227 e. The van der Waals surface area contributed by atoms with E-state index in [1.54, 1.807) is 11.3 Å². The molecule has 0 radical (unpaired) electrons. The molecule has 0 bridgehead atoms. The molecule has 1 aliphatic carbocycles. The van der Waals surface area contributed by atoms with Crippen molar-refractivity contribution in [3.63, 3.8) is 0 Å². The van der Waals surface area contributed by atoms with Gasteiger partial charge in [0.05, 0.1) is 5.69 Å². The summed E-state index contributed by atoms with van der Waals surface area (Å²) in [7, 11) is 0. The molecule has 1 amide bonds. The Kier molecular flexibility index (Phi) is 4.35. The number of fused-ring (bicyclic) bond motifs is 1. The van der Waals surface area contributed by atoms with Gasteiger partial charge in [0.15, 0.2) is 5.13 Å². The third kappa shape index (κ3) is 3.29. The first-order chi connectivity index (χ1) is 8.58. The molecular formula is C13H21N3OS. The summed E-state index contributed by atoms with van der Waals surface area (Å²) in [5, 5.41) is 3.59. The van der Waals surface area contributed by atoms with E-state index < -0.39 is 0 Å². The van der Waals surface area contributed by atoms with Crippen LogP contribution < -0.4 is 11.1 Å². The van der Waals surface area contributed by atoms with Crippen molar-refractivity contribution in [3.8, 4) is 0 Å². The van der Waals surface area contributed by atoms with Gasteiger partial charge in [-0.15, -0.1) is 11.3 Å². The summed E-state index contributed by atoms with van der Waals surface area (Å²) >= 11 is 1.63. The second kappa shape index (κ2) is 5.80. The molecule has 1 heterocycles. The Bertz CT molecular complexity index is 428. The van der Waals surface area contributed by atoms with Crippen LogP contribution in [0, 0.1) is 5.92 Å². The van der Waals surface area contributed by atoms with E-state index in [1.807, 2.05) is 6.92 Å². The van der Waals surface area contributed by atoms with E-state index in [4.69, 9.17) is 5.73 Å². The maximum Gasteiger partial charge on any atom is 0.227 e. The number of aryl methyl sites for hydroxylation is 1. The van der Waals surface area contributed by atoms with Gasteiger partial charge in [0.2, 0.25) is 5.91 Å². The molecule has 2 rings (SSSR count). The number of nitrogens with two attached hydrogens (primary N) is 1. The molecule has 1 aliphatic rings. The molecule has 0 aliphatic heterocycles. The maximum atomic E-state index is 11.6. The molecular weight excluding hydrogens is 246 g/mol. The number of amides is 1. The number of nitrogens with one attached hydrogen (secondary N) is 1. The first-order valence-corrected chi connectivity index (χ1v) is 7.44. The molecule has 0 spiro atoms. The molecule has 2 atom stereocenters. The number of hydrogen-bond donors (Lipinski definition) is 2. The molecule has 0 saturated heterocycles. The van der Waals surface area contributed by atoms with Crippen LogP contribution in [0.4, 0.5) is 5.13 Å². The van der Waals surface area contributed by atoms with Crippen molar-refractivity contribution in [2.45, 2.75) is 52.0 Å². The van der Waals surface area contributed by atoms with E-state index in [2.05, 4.69) is 17.2 Å². The van der Waals surface area contributed by atoms with Crippen LogP contribution in [0.3, 0.4) is 0 Å². The van der Waals surface area contributed by atoms with Crippen LogP contribution in [0.15, 0.2) is 0 Å². The van der Waals surface area contributed by atoms with Crippen LogP contribution in [-0.2, 0) is 17.6 Å². The number of thiazole rings is 1. The second-order valence-electron chi connectivity index (χ2n) is 5.14. The third-order valence-corrected chi connectivity index (χ3v) is 4.41. The lowest BCUT2D eigenvalue weighted by molar-refractivity contribution is -0.116. The van der Waals surface area contributed by atoms with Gasteiger partial charge in [0.1, 0.15) is 0 Å². The Labute approximate surface area is 112 Å². The Hall–Kier alpha value is -0.940. The molecule has 0 aromatic carbocycles. The zero-order valence-electron chi connectivity index (χ0n) is 11.0. The number of aromatic nitrogens is 1. The Morgan fingerprint density at radius 3 is 3.11 bits per heavy atom. The summed E-state index contributed by atoms with van der Waals surface area (Å²) in [6.45, 7) is 4.07. The average molecular weight is 267 g/mol. The van der Waals surface area contributed by atoms with Gasteiger partial charge in [-0.25, -0.2) is 4.98 Å². The van der Waals surface area contributed by atoms with Gasteiger partial charge in [-0.3, -0.25) is 4.79 Å². The van der Waals surface area contributed by atoms with Crippen LogP contribution in [0.1, 0.15) is 43.7 Å². The largest absolute Gasteiger partial charge is 0.327 e. The molecule has 1 aromatic rings. The first-order valence-electron chi connectivity index (χ1n) is 6.62. The minimum atomic E-state index is -0.107. The summed E-state index contributed by atoms with van der Waals surface area (Å²) in [5.41, 5.74) is 6.78. The fraction of sp³-hybridized carbons (Fsp3) is 0.692. The fourth-order valence-electron chi connectivity index (χ4n) is 2.31. The monoisotopic (exact) mass is 267 g/mol. The predicted octanol–water partition coefficient (Wildman–Crippen LogP) is 2.33. The van der Waals surface area contributed by atoms with Crippen molar-refractivity contribution in [1.29, 1.82) is 0 Å². The third-order valence-electron chi connectivity index (χ3n) is 3.37. The van der Waals surface area contributed by atoms with E-state index in [1.165, 1.54) is 23.4 Å². The highest BCUT2D eigenvalue weighted by Crippen LogP contribution is 2.33. The average Bonchev–Trinajstić information content (AvgIpc) is 2.68. The molecule has 0 saturated carbocycles. The van der Waals surface area contributed by atoms with Gasteiger partial charge in [-0.1, -0.05) is 13.3 Å². The van der Waals surface area contributed by atoms with E-state index in [0.717, 1.165) is 23.9 Å². The number of rotatable bonds is 4. The lowest BCUT2D eigenvalue weighted by Crippen LogP contribution is -2.23. The van der Waals surface area contributed by atoms with E-state index in [-0.39, 0.29) is 11.9 Å². The highest BCUT2D eigenvalue weighted by molar-refractivity contribution is 7.15. The SMILES string of the molecule is CCC1CCc2nc(NC(=O)CC(C)N)sc2C1. The minimum absolute atomic E-state index is 0.0388. The predicted molar refractivity (Wildman–Crippen MR) is 74.8 cm³/mol. The van der Waals surface area contributed by atoms with E-state index in [9.17, 15) is 4.79 Å². The standard InChI is InChI=1S/C13H21N3OS/c1-3-9-4-5-10-11(7-9)18-13(15-10)16-12(17)6-8(2)14/h8-9H,3-7,14H2,1-2H3,(H,15,16,17). The Balaban J connectivity index is 2.00. The molecule has 100 valence electrons. The molecule has 0 fully saturated rings. The van der Waals surface area contributed by atoms with Crippen molar-refractivity contribution in [1.82, 2.24) is 4.98 Å². The lowest BCUT2D eigenvalue weighted by atomic mass is 9.89. The molecule has 4 nitrogen and oxygen atoms in total. The normalized spacial score (nSPS) is 20.3. The van der Waals surface area contributed by atoms with Crippen molar-refractivity contribution in [2.75, 3.05) is 5.32 Å². The fourth-order valence-corrected chi connectivity index (χ4v) is 3.45. The molecule has 1 aromatic heterocycles. The highest BCUT2D eigenvalue weighted by Gasteiger charge is 2.22. The van der Waals surface area contributed by atoms with Crippen molar-refractivity contribution in [3.05, 3.63) is 10.6 Å². The molecule has 3 N–H and O–H groups in total. The van der Waals surface area contributed by atoms with Gasteiger partial charge in [-0.05, 0) is 32.1 Å². The van der Waals surface area contributed by atoms with Crippen LogP contribution in [0.25, 0.3) is 0 Å². The van der Waals surface area contributed by atoms with Gasteiger partial charge < -0.3 is 11.1 Å². The summed E-state index contributed by atoms with van der Waals surface area (Å²) in [5.74, 6) is 0.744. The van der Waals surface area contributed by atoms with Crippen molar-refractivity contribution < 1.29 is 4.79 Å². The van der Waals surface area contributed by atoms with E-state index >= 15 is 0 Å². The quantitative estimate of drug-likeness (QED) is 0.879. The number of carbonyl (C=O) groups is 1. The maximum absolute atomic E-state index is 11.6.